The molecule has 0 heterocycles. The summed E-state index contributed by atoms with van der Waals surface area (Å²) in [5.41, 5.74) is 2.53. The Bertz CT molecular complexity index is 844. The van der Waals surface area contributed by atoms with E-state index < -0.39 is 17.9 Å². The summed E-state index contributed by atoms with van der Waals surface area (Å²) >= 11 is 0. The molecular formula is C24H24F4O. The summed E-state index contributed by atoms with van der Waals surface area (Å²) in [6, 6.07) is 11.4. The van der Waals surface area contributed by atoms with Gasteiger partial charge in [0.1, 0.15) is 0 Å². The van der Waals surface area contributed by atoms with Crippen molar-refractivity contribution in [1.82, 2.24) is 0 Å². The van der Waals surface area contributed by atoms with Crippen LogP contribution in [0.2, 0.25) is 0 Å². The lowest BCUT2D eigenvalue weighted by Gasteiger charge is -2.28. The van der Waals surface area contributed by atoms with Gasteiger partial charge in [-0.3, -0.25) is 0 Å². The molecule has 0 saturated heterocycles. The molecule has 154 valence electrons. The maximum Gasteiger partial charge on any atom is 0.573 e. The fourth-order valence-electron chi connectivity index (χ4n) is 3.93. The minimum Gasteiger partial charge on any atom is -0.403 e. The molecule has 0 amide bonds. The lowest BCUT2D eigenvalue weighted by atomic mass is 9.77. The Labute approximate surface area is 168 Å². The Balaban J connectivity index is 1.63. The average Bonchev–Trinajstić information content (AvgIpc) is 2.69. The SMILES string of the molecule is C=CC=CCC1CCC(c2ccc(-c3ccc(OC(F)(F)F)c(F)c3)cc2)CC1. The quantitative estimate of drug-likeness (QED) is 0.353. The summed E-state index contributed by atoms with van der Waals surface area (Å²) in [6.45, 7) is 3.69. The highest BCUT2D eigenvalue weighted by Gasteiger charge is 2.32. The van der Waals surface area contributed by atoms with E-state index in [0.717, 1.165) is 42.9 Å². The third-order valence-electron chi connectivity index (χ3n) is 5.46. The van der Waals surface area contributed by atoms with Gasteiger partial charge in [-0.25, -0.2) is 4.39 Å². The second-order valence-corrected chi connectivity index (χ2v) is 7.43. The minimum atomic E-state index is -4.91. The van der Waals surface area contributed by atoms with E-state index in [1.54, 1.807) is 6.08 Å². The van der Waals surface area contributed by atoms with Crippen LogP contribution in [0.3, 0.4) is 0 Å². The molecule has 1 nitrogen and oxygen atoms in total. The summed E-state index contributed by atoms with van der Waals surface area (Å²) in [4.78, 5) is 0. The van der Waals surface area contributed by atoms with Crippen LogP contribution in [0.25, 0.3) is 11.1 Å². The summed E-state index contributed by atoms with van der Waals surface area (Å²) < 4.78 is 54.4. The van der Waals surface area contributed by atoms with Crippen LogP contribution >= 0.6 is 0 Å². The normalized spacial score (nSPS) is 20.0. The molecule has 0 atom stereocenters. The fourth-order valence-corrected chi connectivity index (χ4v) is 3.93. The van der Waals surface area contributed by atoms with Crippen LogP contribution in [0.4, 0.5) is 17.6 Å². The van der Waals surface area contributed by atoms with E-state index in [2.05, 4.69) is 17.4 Å². The second kappa shape index (κ2) is 9.29. The first-order valence-corrected chi connectivity index (χ1v) is 9.79. The molecule has 0 radical (unpaired) electrons. The predicted octanol–water partition coefficient (Wildman–Crippen LogP) is 7.80. The van der Waals surface area contributed by atoms with Gasteiger partial charge >= 0.3 is 6.36 Å². The highest BCUT2D eigenvalue weighted by Crippen LogP contribution is 2.38. The summed E-state index contributed by atoms with van der Waals surface area (Å²) in [6.07, 6.45) is 6.83. The van der Waals surface area contributed by atoms with Crippen LogP contribution in [0, 0.1) is 11.7 Å². The zero-order chi connectivity index (χ0) is 20.9. The molecule has 0 aliphatic heterocycles. The van der Waals surface area contributed by atoms with E-state index in [1.165, 1.54) is 24.5 Å². The van der Waals surface area contributed by atoms with Crippen LogP contribution in [0.15, 0.2) is 67.3 Å². The van der Waals surface area contributed by atoms with E-state index in [-0.39, 0.29) is 0 Å². The minimum absolute atomic E-state index is 0.515. The Morgan fingerprint density at radius 1 is 0.966 bits per heavy atom. The van der Waals surface area contributed by atoms with Crippen molar-refractivity contribution >= 4 is 0 Å². The van der Waals surface area contributed by atoms with Crippen molar-refractivity contribution in [3.05, 3.63) is 78.7 Å². The first kappa shape index (κ1) is 21.2. The van der Waals surface area contributed by atoms with Gasteiger partial charge in [-0.15, -0.1) is 13.2 Å². The van der Waals surface area contributed by atoms with Gasteiger partial charge in [0, 0.05) is 0 Å². The van der Waals surface area contributed by atoms with Crippen molar-refractivity contribution < 1.29 is 22.3 Å². The van der Waals surface area contributed by atoms with Gasteiger partial charge in [-0.1, -0.05) is 55.1 Å². The number of halogens is 4. The zero-order valence-electron chi connectivity index (χ0n) is 16.1. The highest BCUT2D eigenvalue weighted by atomic mass is 19.4. The van der Waals surface area contributed by atoms with Crippen molar-refractivity contribution in [2.24, 2.45) is 5.92 Å². The van der Waals surface area contributed by atoms with E-state index in [0.29, 0.717) is 11.5 Å². The van der Waals surface area contributed by atoms with Crippen LogP contribution in [-0.4, -0.2) is 6.36 Å². The molecular weight excluding hydrogens is 380 g/mol. The first-order valence-electron chi connectivity index (χ1n) is 9.79. The van der Waals surface area contributed by atoms with Gasteiger partial charge in [0.05, 0.1) is 0 Å². The number of ether oxygens (including phenoxy) is 1. The van der Waals surface area contributed by atoms with Crippen molar-refractivity contribution in [2.45, 2.75) is 44.4 Å². The van der Waals surface area contributed by atoms with E-state index in [1.807, 2.05) is 30.3 Å². The number of hydrogen-bond acceptors (Lipinski definition) is 1. The Hall–Kier alpha value is -2.56. The fraction of sp³-hybridized carbons (Fsp3) is 0.333. The van der Waals surface area contributed by atoms with Crippen molar-refractivity contribution in [1.29, 1.82) is 0 Å². The van der Waals surface area contributed by atoms with Crippen LogP contribution in [-0.2, 0) is 0 Å². The van der Waals surface area contributed by atoms with Crippen LogP contribution < -0.4 is 4.74 Å². The van der Waals surface area contributed by atoms with E-state index in [9.17, 15) is 17.6 Å². The zero-order valence-corrected chi connectivity index (χ0v) is 16.1. The lowest BCUT2D eigenvalue weighted by Crippen LogP contribution is -2.17. The largest absolute Gasteiger partial charge is 0.573 e. The van der Waals surface area contributed by atoms with Gasteiger partial charge in [-0.05, 0) is 72.8 Å². The monoisotopic (exact) mass is 404 g/mol. The van der Waals surface area contributed by atoms with Gasteiger partial charge in [0.2, 0.25) is 0 Å². The smallest absolute Gasteiger partial charge is 0.403 e. The number of rotatable bonds is 6. The van der Waals surface area contributed by atoms with Crippen molar-refractivity contribution in [2.75, 3.05) is 0 Å². The Kier molecular flexibility index (Phi) is 6.78. The molecule has 0 unspecified atom stereocenters. The maximum absolute atomic E-state index is 13.9. The molecule has 1 fully saturated rings. The number of hydrogen-bond donors (Lipinski definition) is 0. The topological polar surface area (TPSA) is 9.23 Å². The molecule has 0 spiro atoms. The Morgan fingerprint density at radius 3 is 2.21 bits per heavy atom. The average molecular weight is 404 g/mol. The number of benzene rings is 2. The molecule has 3 rings (SSSR count). The molecule has 0 bridgehead atoms. The lowest BCUT2D eigenvalue weighted by molar-refractivity contribution is -0.275. The van der Waals surface area contributed by atoms with Gasteiger partial charge in [0.15, 0.2) is 11.6 Å². The Morgan fingerprint density at radius 2 is 1.62 bits per heavy atom. The van der Waals surface area contributed by atoms with Crippen molar-refractivity contribution in [3.63, 3.8) is 0 Å². The number of allylic oxidation sites excluding steroid dienone is 3. The number of alkyl halides is 3. The summed E-state index contributed by atoms with van der Waals surface area (Å²) in [5, 5.41) is 0. The van der Waals surface area contributed by atoms with Crippen LogP contribution in [0.5, 0.6) is 5.75 Å². The van der Waals surface area contributed by atoms with Gasteiger partial charge in [-0.2, -0.15) is 0 Å². The van der Waals surface area contributed by atoms with E-state index in [4.69, 9.17) is 0 Å². The van der Waals surface area contributed by atoms with E-state index >= 15 is 0 Å². The maximum atomic E-state index is 13.9. The second-order valence-electron chi connectivity index (χ2n) is 7.43. The standard InChI is InChI=1S/C24H24F4O/c1-2-3-4-5-17-6-8-18(9-7-17)19-10-12-20(13-11-19)21-14-15-23(22(25)16-21)29-24(26,27)28/h2-4,10-18H,1,5-9H2. The van der Waals surface area contributed by atoms with Crippen LogP contribution in [0.1, 0.15) is 43.6 Å². The molecule has 1 saturated carbocycles. The van der Waals surface area contributed by atoms with Crippen molar-refractivity contribution in [3.8, 4) is 16.9 Å². The molecule has 0 aromatic heterocycles. The van der Waals surface area contributed by atoms with Gasteiger partial charge < -0.3 is 4.74 Å². The molecule has 2 aromatic rings. The molecule has 5 heteroatoms. The predicted molar refractivity (Wildman–Crippen MR) is 107 cm³/mol. The molecule has 1 aliphatic rings. The molecule has 29 heavy (non-hydrogen) atoms. The molecule has 1 aliphatic carbocycles. The summed E-state index contributed by atoms with van der Waals surface area (Å²) in [5.74, 6) is -0.615. The first-order chi connectivity index (χ1) is 13.9. The molecule has 2 aromatic carbocycles. The van der Waals surface area contributed by atoms with Gasteiger partial charge in [0.25, 0.3) is 0 Å². The molecule has 0 N–H and O–H groups in total. The third kappa shape index (κ3) is 5.96. The summed E-state index contributed by atoms with van der Waals surface area (Å²) in [7, 11) is 0. The third-order valence-corrected chi connectivity index (χ3v) is 5.46. The highest BCUT2D eigenvalue weighted by molar-refractivity contribution is 5.64.